The first-order valence-electron chi connectivity index (χ1n) is 8.22. The Hall–Kier alpha value is -0.550. The highest BCUT2D eigenvalue weighted by Gasteiger charge is 2.32. The van der Waals surface area contributed by atoms with Crippen molar-refractivity contribution in [1.82, 2.24) is 9.80 Å². The van der Waals surface area contributed by atoms with E-state index in [9.17, 15) is 9.59 Å². The van der Waals surface area contributed by atoms with Crippen molar-refractivity contribution in [1.29, 1.82) is 0 Å². The number of thioether (sulfide) groups is 1. The Bertz CT molecular complexity index is 367. The molecule has 0 aromatic carbocycles. The largest absolute Gasteiger partial charge is 0.342 e. The fraction of sp³-hybridized carbons (Fsp3) is 0.875. The molecule has 2 heterocycles. The molecule has 21 heavy (non-hydrogen) atoms. The molecule has 2 rings (SSSR count). The van der Waals surface area contributed by atoms with Gasteiger partial charge in [-0.3, -0.25) is 9.59 Å². The Morgan fingerprint density at radius 1 is 1.29 bits per heavy atom. The third-order valence-corrected chi connectivity index (χ3v) is 5.59. The Kier molecular flexibility index (Phi) is 6.55. The molecule has 2 fully saturated rings. The summed E-state index contributed by atoms with van der Waals surface area (Å²) in [6.07, 6.45) is 4.30. The van der Waals surface area contributed by atoms with E-state index >= 15 is 0 Å². The van der Waals surface area contributed by atoms with Crippen molar-refractivity contribution < 1.29 is 9.59 Å². The maximum absolute atomic E-state index is 12.1. The second-order valence-electron chi connectivity index (χ2n) is 6.46. The summed E-state index contributed by atoms with van der Waals surface area (Å²) in [5.41, 5.74) is 0. The summed E-state index contributed by atoms with van der Waals surface area (Å²) >= 11 is 1.36. The molecule has 0 spiro atoms. The van der Waals surface area contributed by atoms with Crippen LogP contribution < -0.4 is 0 Å². The lowest BCUT2D eigenvalue weighted by molar-refractivity contribution is -0.128. The van der Waals surface area contributed by atoms with Gasteiger partial charge in [-0.25, -0.2) is 0 Å². The number of hydrogen-bond acceptors (Lipinski definition) is 4. The minimum absolute atomic E-state index is 0.157. The molecule has 0 N–H and O–H groups in total. The molecule has 2 aliphatic rings. The standard InChI is InChI=1S/C16H28N2O2S/c1-3-6-17-7-4-14(5-8-17)10-18-11-15(9-16(18)20)12-21-13(2)19/h14-15H,3-12H2,1-2H3. The number of carbonyl (C=O) groups excluding carboxylic acids is 2. The van der Waals surface area contributed by atoms with E-state index in [1.54, 1.807) is 6.92 Å². The summed E-state index contributed by atoms with van der Waals surface area (Å²) < 4.78 is 0. The minimum atomic E-state index is 0.157. The molecule has 120 valence electrons. The summed E-state index contributed by atoms with van der Waals surface area (Å²) in [6.45, 7) is 9.19. The Morgan fingerprint density at radius 3 is 2.62 bits per heavy atom. The molecule has 2 aliphatic heterocycles. The Morgan fingerprint density at radius 2 is 2.00 bits per heavy atom. The fourth-order valence-corrected chi connectivity index (χ4v) is 4.09. The molecule has 1 atom stereocenters. The van der Waals surface area contributed by atoms with Gasteiger partial charge in [0, 0.05) is 32.2 Å². The maximum Gasteiger partial charge on any atom is 0.222 e. The zero-order valence-electron chi connectivity index (χ0n) is 13.3. The second-order valence-corrected chi connectivity index (χ2v) is 7.65. The number of nitrogens with zero attached hydrogens (tertiary/aromatic N) is 2. The van der Waals surface area contributed by atoms with Crippen molar-refractivity contribution in [3.63, 3.8) is 0 Å². The highest BCUT2D eigenvalue weighted by molar-refractivity contribution is 8.13. The lowest BCUT2D eigenvalue weighted by Crippen LogP contribution is -2.39. The van der Waals surface area contributed by atoms with E-state index in [0.29, 0.717) is 24.2 Å². The van der Waals surface area contributed by atoms with Crippen molar-refractivity contribution in [2.75, 3.05) is 38.5 Å². The highest BCUT2D eigenvalue weighted by Crippen LogP contribution is 2.26. The van der Waals surface area contributed by atoms with E-state index in [4.69, 9.17) is 0 Å². The first kappa shape index (κ1) is 16.8. The van der Waals surface area contributed by atoms with E-state index in [0.717, 1.165) is 18.8 Å². The summed E-state index contributed by atoms with van der Waals surface area (Å²) in [7, 11) is 0. The first-order chi connectivity index (χ1) is 10.1. The lowest BCUT2D eigenvalue weighted by atomic mass is 9.96. The molecule has 0 radical (unpaired) electrons. The average molecular weight is 312 g/mol. The van der Waals surface area contributed by atoms with Crippen LogP contribution in [0.5, 0.6) is 0 Å². The molecule has 2 saturated heterocycles. The van der Waals surface area contributed by atoms with Gasteiger partial charge in [0.2, 0.25) is 5.91 Å². The smallest absolute Gasteiger partial charge is 0.222 e. The summed E-state index contributed by atoms with van der Waals surface area (Å²) in [5.74, 6) is 2.12. The van der Waals surface area contributed by atoms with Gasteiger partial charge in [0.1, 0.15) is 0 Å². The topological polar surface area (TPSA) is 40.6 Å². The zero-order valence-corrected chi connectivity index (χ0v) is 14.2. The molecule has 1 unspecified atom stereocenters. The SMILES string of the molecule is CCCN1CCC(CN2CC(CSC(C)=O)CC2=O)CC1. The van der Waals surface area contributed by atoms with Crippen LogP contribution in [0.2, 0.25) is 0 Å². The van der Waals surface area contributed by atoms with Gasteiger partial charge in [-0.2, -0.15) is 0 Å². The van der Waals surface area contributed by atoms with Gasteiger partial charge in [0.05, 0.1) is 0 Å². The van der Waals surface area contributed by atoms with E-state index in [1.807, 2.05) is 4.90 Å². The lowest BCUT2D eigenvalue weighted by Gasteiger charge is -2.33. The van der Waals surface area contributed by atoms with Crippen LogP contribution in [-0.4, -0.2) is 59.3 Å². The van der Waals surface area contributed by atoms with Crippen LogP contribution in [-0.2, 0) is 9.59 Å². The number of amides is 1. The minimum Gasteiger partial charge on any atom is -0.342 e. The average Bonchev–Trinajstić information content (AvgIpc) is 2.80. The van der Waals surface area contributed by atoms with Crippen LogP contribution in [0.3, 0.4) is 0 Å². The number of piperidine rings is 1. The number of carbonyl (C=O) groups is 2. The van der Waals surface area contributed by atoms with Crippen LogP contribution >= 0.6 is 11.8 Å². The van der Waals surface area contributed by atoms with E-state index in [1.165, 1.54) is 50.7 Å². The van der Waals surface area contributed by atoms with Crippen LogP contribution in [0.4, 0.5) is 0 Å². The number of hydrogen-bond donors (Lipinski definition) is 0. The predicted molar refractivity (Wildman–Crippen MR) is 87.3 cm³/mol. The molecule has 0 aliphatic carbocycles. The van der Waals surface area contributed by atoms with Crippen LogP contribution in [0.15, 0.2) is 0 Å². The molecule has 0 aromatic heterocycles. The fourth-order valence-electron chi connectivity index (χ4n) is 3.40. The van der Waals surface area contributed by atoms with Gasteiger partial charge in [0.25, 0.3) is 0 Å². The van der Waals surface area contributed by atoms with Crippen LogP contribution in [0.1, 0.15) is 39.5 Å². The molecular formula is C16H28N2O2S. The Labute approximate surface area is 132 Å². The number of rotatable bonds is 6. The maximum atomic E-state index is 12.1. The monoisotopic (exact) mass is 312 g/mol. The van der Waals surface area contributed by atoms with Gasteiger partial charge in [-0.15, -0.1) is 0 Å². The van der Waals surface area contributed by atoms with Gasteiger partial charge >= 0.3 is 0 Å². The van der Waals surface area contributed by atoms with Crippen molar-refractivity contribution in [3.8, 4) is 0 Å². The van der Waals surface area contributed by atoms with Crippen molar-refractivity contribution in [2.24, 2.45) is 11.8 Å². The third kappa shape index (κ3) is 5.29. The molecule has 1 amide bonds. The molecule has 0 bridgehead atoms. The predicted octanol–water partition coefficient (Wildman–Crippen LogP) is 2.24. The first-order valence-corrected chi connectivity index (χ1v) is 9.20. The molecule has 4 nitrogen and oxygen atoms in total. The van der Waals surface area contributed by atoms with Gasteiger partial charge in [0.15, 0.2) is 5.12 Å². The molecular weight excluding hydrogens is 284 g/mol. The normalized spacial score (nSPS) is 24.8. The number of likely N-dealkylation sites (tertiary alicyclic amines) is 2. The van der Waals surface area contributed by atoms with E-state index in [-0.39, 0.29) is 5.12 Å². The van der Waals surface area contributed by atoms with Gasteiger partial charge in [-0.1, -0.05) is 18.7 Å². The second kappa shape index (κ2) is 8.18. The van der Waals surface area contributed by atoms with Gasteiger partial charge in [-0.05, 0) is 50.7 Å². The third-order valence-electron chi connectivity index (χ3n) is 4.54. The molecule has 0 saturated carbocycles. The van der Waals surface area contributed by atoms with Gasteiger partial charge < -0.3 is 9.80 Å². The van der Waals surface area contributed by atoms with Crippen LogP contribution in [0.25, 0.3) is 0 Å². The quantitative estimate of drug-likeness (QED) is 0.754. The van der Waals surface area contributed by atoms with Crippen molar-refractivity contribution >= 4 is 22.8 Å². The highest BCUT2D eigenvalue weighted by atomic mass is 32.2. The van der Waals surface area contributed by atoms with Crippen molar-refractivity contribution in [3.05, 3.63) is 0 Å². The summed E-state index contributed by atoms with van der Waals surface area (Å²) in [4.78, 5) is 27.7. The van der Waals surface area contributed by atoms with Crippen LogP contribution in [0, 0.1) is 11.8 Å². The zero-order chi connectivity index (χ0) is 15.2. The van der Waals surface area contributed by atoms with E-state index < -0.39 is 0 Å². The van der Waals surface area contributed by atoms with E-state index in [2.05, 4.69) is 11.8 Å². The summed E-state index contributed by atoms with van der Waals surface area (Å²) in [6, 6.07) is 0. The molecule has 0 aromatic rings. The Balaban J connectivity index is 1.71. The van der Waals surface area contributed by atoms with Crippen molar-refractivity contribution in [2.45, 2.75) is 39.5 Å². The molecule has 5 heteroatoms. The summed E-state index contributed by atoms with van der Waals surface area (Å²) in [5, 5.41) is 0.157.